The van der Waals surface area contributed by atoms with Gasteiger partial charge in [-0.05, 0) is 11.6 Å². The smallest absolute Gasteiger partial charge is 0.352 e. The molecule has 3 aromatic heterocycles. The second-order valence-electron chi connectivity index (χ2n) is 11.0. The molecule has 14 nitrogen and oxygen atoms in total. The number of hydrogen-bond acceptors (Lipinski definition) is 11. The number of carbonyl (C=O) groups is 3. The van der Waals surface area contributed by atoms with Crippen LogP contribution >= 0.6 is 23.1 Å². The Hall–Kier alpha value is -5.22. The van der Waals surface area contributed by atoms with Gasteiger partial charge in [0, 0.05) is 53.7 Å². The number of rotatable bonds is 10. The quantitative estimate of drug-likeness (QED) is 0.0832. The van der Waals surface area contributed by atoms with Gasteiger partial charge in [-0.1, -0.05) is 29.4 Å². The summed E-state index contributed by atoms with van der Waals surface area (Å²) in [4.78, 5) is 53.6. The second kappa shape index (κ2) is 12.5. The average Bonchev–Trinajstić information content (AvgIpc) is 3.85. The monoisotopic (exact) mass is 672 g/mol. The summed E-state index contributed by atoms with van der Waals surface area (Å²) in [5, 5.41) is 21.2. The molecule has 16 heteroatoms. The lowest BCUT2D eigenvalue weighted by Gasteiger charge is -2.49. The minimum Gasteiger partial charge on any atom is -0.477 e. The first-order valence-corrected chi connectivity index (χ1v) is 16.6. The number of pyridine rings is 1. The van der Waals surface area contributed by atoms with Crippen molar-refractivity contribution in [2.75, 3.05) is 31.7 Å². The zero-order valence-electron chi connectivity index (χ0n) is 25.1. The summed E-state index contributed by atoms with van der Waals surface area (Å²) >= 11 is 2.53. The zero-order chi connectivity index (χ0) is 32.7. The average molecular weight is 673 g/mol. The maximum absolute atomic E-state index is 13.3. The number of carboxylic acids is 1. The molecule has 2 amide bonds. The minimum atomic E-state index is -1.20. The molecule has 7 rings (SSSR count). The van der Waals surface area contributed by atoms with Gasteiger partial charge in [-0.3, -0.25) is 19.5 Å². The van der Waals surface area contributed by atoms with E-state index in [-0.39, 0.29) is 28.8 Å². The molecule has 1 aromatic carbocycles. The van der Waals surface area contributed by atoms with E-state index >= 15 is 0 Å². The first kappa shape index (κ1) is 30.4. The van der Waals surface area contributed by atoms with Gasteiger partial charge in [0.2, 0.25) is 5.52 Å². The number of thiazole rings is 1. The SMILES string of the molecule is CO/N=C(\C(=O)N[C@@H]1C(=O)N2C(C(=O)O)=C(C[n+]3cccc4c3ccn4Cc3ccc(C4=NCCN4)cc3)CS[C@H]12)c1csc(N)n1. The third-order valence-corrected chi connectivity index (χ3v) is 10.1. The number of nitrogen functional groups attached to an aromatic ring is 1. The molecule has 47 heavy (non-hydrogen) atoms. The van der Waals surface area contributed by atoms with Gasteiger partial charge in [0.25, 0.3) is 11.8 Å². The molecule has 5 N–H and O–H groups in total. The van der Waals surface area contributed by atoms with E-state index in [2.05, 4.69) is 54.6 Å². The van der Waals surface area contributed by atoms with Gasteiger partial charge in [0.05, 0.1) is 6.54 Å². The summed E-state index contributed by atoms with van der Waals surface area (Å²) in [7, 11) is 1.29. The lowest BCUT2D eigenvalue weighted by atomic mass is 10.0. The van der Waals surface area contributed by atoms with Crippen LogP contribution in [-0.4, -0.2) is 86.3 Å². The molecular formula is C31H30N9O5S2+. The van der Waals surface area contributed by atoms with Crippen molar-refractivity contribution in [3.63, 3.8) is 0 Å². The zero-order valence-corrected chi connectivity index (χ0v) is 26.8. The predicted molar refractivity (Wildman–Crippen MR) is 177 cm³/mol. The van der Waals surface area contributed by atoms with Crippen LogP contribution in [0.1, 0.15) is 16.8 Å². The number of aliphatic imine (C=N–C) groups is 1. The highest BCUT2D eigenvalue weighted by Crippen LogP contribution is 2.40. The van der Waals surface area contributed by atoms with Crippen molar-refractivity contribution in [3.8, 4) is 0 Å². The third kappa shape index (κ3) is 5.69. The molecule has 4 aromatic rings. The van der Waals surface area contributed by atoms with Crippen molar-refractivity contribution in [1.29, 1.82) is 0 Å². The van der Waals surface area contributed by atoms with Crippen molar-refractivity contribution >= 4 is 68.6 Å². The van der Waals surface area contributed by atoms with Crippen LogP contribution in [0.2, 0.25) is 0 Å². The minimum absolute atomic E-state index is 0.0623. The lowest BCUT2D eigenvalue weighted by molar-refractivity contribution is -0.663. The molecule has 0 spiro atoms. The van der Waals surface area contributed by atoms with Crippen LogP contribution < -0.4 is 20.9 Å². The van der Waals surface area contributed by atoms with E-state index in [4.69, 9.17) is 10.6 Å². The number of hydrogen-bond donors (Lipinski definition) is 4. The van der Waals surface area contributed by atoms with Crippen LogP contribution in [0.25, 0.3) is 11.0 Å². The molecule has 0 aliphatic carbocycles. The van der Waals surface area contributed by atoms with Crippen molar-refractivity contribution < 1.29 is 28.9 Å². The van der Waals surface area contributed by atoms with E-state index in [0.717, 1.165) is 52.4 Å². The van der Waals surface area contributed by atoms with Crippen LogP contribution in [0.4, 0.5) is 5.13 Å². The number of amides is 2. The van der Waals surface area contributed by atoms with E-state index in [9.17, 15) is 19.5 Å². The molecule has 6 heterocycles. The van der Waals surface area contributed by atoms with E-state index < -0.39 is 29.2 Å². The van der Waals surface area contributed by atoms with Crippen molar-refractivity contribution in [2.45, 2.75) is 24.5 Å². The number of nitrogens with two attached hydrogens (primary N) is 1. The number of anilines is 1. The molecule has 0 saturated carbocycles. The number of carboxylic acid groups (broad SMARTS) is 1. The van der Waals surface area contributed by atoms with Crippen molar-refractivity contribution in [2.24, 2.45) is 10.1 Å². The first-order valence-electron chi connectivity index (χ1n) is 14.7. The fourth-order valence-electron chi connectivity index (χ4n) is 5.96. The van der Waals surface area contributed by atoms with Crippen molar-refractivity contribution in [1.82, 2.24) is 25.1 Å². The van der Waals surface area contributed by atoms with Crippen molar-refractivity contribution in [3.05, 3.63) is 88.3 Å². The molecule has 3 aliphatic rings. The standard InChI is InChI=1S/C31H29N9O5S2/c1-45-37-23(20-16-47-31(32)35-20)27(41)36-24-28(42)40-25(30(43)44)19(15-46-29(24)40)14-38-11-2-3-21-22(38)8-12-39(21)13-17-4-6-18(7-5-17)26-33-9-10-34-26/h2-8,11-12,16,24,29H,9-10,13-15H2,1H3,(H4-,32,33,34,35,36,41,43,44)/p+1/b37-23-/t24-,29-/m1/s1. The normalized spacial score (nSPS) is 19.3. The number of aliphatic carboxylic acids is 1. The lowest BCUT2D eigenvalue weighted by Crippen LogP contribution is -2.71. The Morgan fingerprint density at radius 3 is 2.79 bits per heavy atom. The molecule has 0 radical (unpaired) electrons. The van der Waals surface area contributed by atoms with Crippen LogP contribution in [0.3, 0.4) is 0 Å². The number of amidine groups is 1. The van der Waals surface area contributed by atoms with Gasteiger partial charge < -0.3 is 30.9 Å². The number of aromatic nitrogens is 3. The Morgan fingerprint density at radius 2 is 2.09 bits per heavy atom. The van der Waals surface area contributed by atoms with Gasteiger partial charge >= 0.3 is 5.97 Å². The molecule has 1 saturated heterocycles. The van der Waals surface area contributed by atoms with Crippen LogP contribution in [0.5, 0.6) is 0 Å². The summed E-state index contributed by atoms with van der Waals surface area (Å²) in [6.45, 7) is 2.60. The van der Waals surface area contributed by atoms with Gasteiger partial charge in [-0.15, -0.1) is 23.1 Å². The predicted octanol–water partition coefficient (Wildman–Crippen LogP) is 1.15. The Labute approximate surface area is 276 Å². The van der Waals surface area contributed by atoms with Gasteiger partial charge in [0.15, 0.2) is 23.6 Å². The topological polar surface area (TPSA) is 180 Å². The number of oxime groups is 1. The molecule has 240 valence electrons. The molecule has 2 atom stereocenters. The molecule has 0 bridgehead atoms. The molecular weight excluding hydrogens is 643 g/mol. The molecule has 1 fully saturated rings. The number of carbonyl (C=O) groups excluding carboxylic acids is 2. The fourth-order valence-corrected chi connectivity index (χ4v) is 7.84. The Kier molecular flexibility index (Phi) is 8.11. The second-order valence-corrected chi connectivity index (χ2v) is 13.0. The van der Waals surface area contributed by atoms with Gasteiger partial charge in [-0.2, -0.15) is 4.57 Å². The molecule has 3 aliphatic heterocycles. The maximum atomic E-state index is 13.3. The maximum Gasteiger partial charge on any atom is 0.352 e. The highest BCUT2D eigenvalue weighted by atomic mass is 32.2. The van der Waals surface area contributed by atoms with E-state index in [0.29, 0.717) is 17.9 Å². The summed E-state index contributed by atoms with van der Waals surface area (Å²) in [5.74, 6) is -1.10. The number of β-lactam (4-membered cyclic amide) rings is 1. The first-order chi connectivity index (χ1) is 22.8. The van der Waals surface area contributed by atoms with Crippen LogP contribution in [0, 0.1) is 0 Å². The number of fused-ring (bicyclic) bond motifs is 2. The van der Waals surface area contributed by atoms with E-state index in [1.165, 1.54) is 23.8 Å². The van der Waals surface area contributed by atoms with Crippen LogP contribution in [0.15, 0.2) is 81.7 Å². The van der Waals surface area contributed by atoms with Gasteiger partial charge in [-0.25, -0.2) is 9.78 Å². The van der Waals surface area contributed by atoms with Gasteiger partial charge in [0.1, 0.15) is 41.3 Å². The largest absolute Gasteiger partial charge is 0.477 e. The summed E-state index contributed by atoms with van der Waals surface area (Å²) in [6, 6.07) is 13.4. The Balaban J connectivity index is 1.09. The summed E-state index contributed by atoms with van der Waals surface area (Å²) in [5.41, 5.74) is 10.5. The fraction of sp³-hybridized carbons (Fsp3) is 0.258. The van der Waals surface area contributed by atoms with E-state index in [1.54, 1.807) is 5.38 Å². The summed E-state index contributed by atoms with van der Waals surface area (Å²) < 4.78 is 4.15. The highest BCUT2D eigenvalue weighted by Gasteiger charge is 2.55. The molecule has 0 unspecified atom stereocenters. The third-order valence-electron chi connectivity index (χ3n) is 8.13. The number of benzene rings is 1. The number of thioether (sulfide) groups is 1. The van der Waals surface area contributed by atoms with E-state index in [1.807, 2.05) is 35.2 Å². The highest BCUT2D eigenvalue weighted by molar-refractivity contribution is 8.00. The number of nitrogens with zero attached hydrogens (tertiary/aromatic N) is 6. The Morgan fingerprint density at radius 1 is 1.26 bits per heavy atom. The van der Waals surface area contributed by atoms with Crippen LogP contribution in [-0.2, 0) is 32.3 Å². The number of nitrogens with one attached hydrogen (secondary N) is 2. The Bertz CT molecular complexity index is 2000. The summed E-state index contributed by atoms with van der Waals surface area (Å²) in [6.07, 6.45) is 3.92.